The smallest absolute Gasteiger partial charge is 0.198 e. The van der Waals surface area contributed by atoms with Gasteiger partial charge in [0.25, 0.3) is 0 Å². The van der Waals surface area contributed by atoms with Gasteiger partial charge in [0, 0.05) is 22.7 Å². The summed E-state index contributed by atoms with van der Waals surface area (Å²) in [6.07, 6.45) is 1.44. The van der Waals surface area contributed by atoms with Crippen molar-refractivity contribution in [3.63, 3.8) is 0 Å². The molecule has 0 unspecified atom stereocenters. The fourth-order valence-corrected chi connectivity index (χ4v) is 2.17. The number of carbonyl (C=O) groups is 1. The summed E-state index contributed by atoms with van der Waals surface area (Å²) in [7, 11) is 0. The zero-order valence-corrected chi connectivity index (χ0v) is 10.9. The van der Waals surface area contributed by atoms with Crippen LogP contribution >= 0.6 is 0 Å². The third-order valence-corrected chi connectivity index (χ3v) is 3.18. The number of fused-ring (bicyclic) bond motifs is 1. The van der Waals surface area contributed by atoms with Crippen molar-refractivity contribution < 1.29 is 15.0 Å². The van der Waals surface area contributed by atoms with Crippen molar-refractivity contribution in [3.05, 3.63) is 59.7 Å². The molecule has 0 bridgehead atoms. The molecule has 5 nitrogen and oxygen atoms in total. The number of carboxylic acids is 1. The molecular formula is C16H11N2O3-. The highest BCUT2D eigenvalue weighted by Gasteiger charge is 2.08. The van der Waals surface area contributed by atoms with Crippen molar-refractivity contribution in [1.82, 2.24) is 4.98 Å². The van der Waals surface area contributed by atoms with E-state index in [2.05, 4.69) is 9.98 Å². The van der Waals surface area contributed by atoms with Crippen LogP contribution in [-0.2, 0) is 0 Å². The van der Waals surface area contributed by atoms with Crippen LogP contribution < -0.4 is 5.11 Å². The maximum atomic E-state index is 11.0. The molecule has 0 aliphatic carbocycles. The van der Waals surface area contributed by atoms with Gasteiger partial charge < -0.3 is 20.0 Å². The molecule has 3 aromatic rings. The zero-order valence-electron chi connectivity index (χ0n) is 10.9. The Bertz CT molecular complexity index is 850. The lowest BCUT2D eigenvalue weighted by Gasteiger charge is -2.05. The summed E-state index contributed by atoms with van der Waals surface area (Å²) in [5.41, 5.74) is 1.58. The van der Waals surface area contributed by atoms with Crippen LogP contribution in [-0.4, -0.2) is 22.3 Å². The SMILES string of the molecule is O=C([O-])c1ccccc1N=Cc1c(O)[nH]c2ccccc12. The van der Waals surface area contributed by atoms with E-state index in [0.717, 1.165) is 10.9 Å². The normalized spacial score (nSPS) is 11.2. The molecular weight excluding hydrogens is 268 g/mol. The Morgan fingerprint density at radius 3 is 2.67 bits per heavy atom. The van der Waals surface area contributed by atoms with Gasteiger partial charge in [-0.3, -0.25) is 4.99 Å². The molecule has 104 valence electrons. The van der Waals surface area contributed by atoms with Gasteiger partial charge in [0.15, 0.2) is 5.88 Å². The molecule has 5 heteroatoms. The van der Waals surface area contributed by atoms with Crippen molar-refractivity contribution in [2.45, 2.75) is 0 Å². The average Bonchev–Trinajstić information content (AvgIpc) is 2.81. The van der Waals surface area contributed by atoms with Crippen LogP contribution in [0.3, 0.4) is 0 Å². The van der Waals surface area contributed by atoms with E-state index < -0.39 is 5.97 Å². The first kappa shape index (κ1) is 12.9. The van der Waals surface area contributed by atoms with E-state index >= 15 is 0 Å². The van der Waals surface area contributed by atoms with Crippen molar-refractivity contribution in [1.29, 1.82) is 0 Å². The van der Waals surface area contributed by atoms with Crippen LogP contribution in [0.1, 0.15) is 15.9 Å². The minimum atomic E-state index is -1.29. The number of carbonyl (C=O) groups excluding carboxylic acids is 1. The number of aromatic amines is 1. The number of aromatic nitrogens is 1. The standard InChI is InChI=1S/C16H12N2O3/c19-15-12(10-5-1-4-8-14(10)18-15)9-17-13-7-3-2-6-11(13)16(20)21/h1-9,18-19H,(H,20,21)/p-1. The first-order valence-corrected chi connectivity index (χ1v) is 6.31. The first-order valence-electron chi connectivity index (χ1n) is 6.31. The molecule has 0 amide bonds. The number of aliphatic imine (C=N–C) groups is 1. The summed E-state index contributed by atoms with van der Waals surface area (Å²) in [6.45, 7) is 0. The van der Waals surface area contributed by atoms with E-state index in [1.54, 1.807) is 18.2 Å². The minimum absolute atomic E-state index is 0.00748. The Morgan fingerprint density at radius 2 is 1.86 bits per heavy atom. The third kappa shape index (κ3) is 2.36. The molecule has 0 saturated carbocycles. The highest BCUT2D eigenvalue weighted by atomic mass is 16.4. The van der Waals surface area contributed by atoms with E-state index in [4.69, 9.17) is 0 Å². The molecule has 0 saturated heterocycles. The number of benzene rings is 2. The topological polar surface area (TPSA) is 88.5 Å². The largest absolute Gasteiger partial charge is 0.545 e. The molecule has 0 radical (unpaired) electrons. The summed E-state index contributed by atoms with van der Waals surface area (Å²) < 4.78 is 0. The number of rotatable bonds is 3. The summed E-state index contributed by atoms with van der Waals surface area (Å²) in [6, 6.07) is 13.7. The van der Waals surface area contributed by atoms with Gasteiger partial charge in [-0.05, 0) is 12.1 Å². The number of H-pyrrole nitrogens is 1. The molecule has 0 aliphatic rings. The molecule has 0 aliphatic heterocycles. The van der Waals surface area contributed by atoms with E-state index in [9.17, 15) is 15.0 Å². The number of nitrogens with zero attached hydrogens (tertiary/aromatic N) is 1. The van der Waals surface area contributed by atoms with Crippen LogP contribution in [0.4, 0.5) is 5.69 Å². The Hall–Kier alpha value is -3.08. The van der Waals surface area contributed by atoms with Gasteiger partial charge >= 0.3 is 0 Å². The van der Waals surface area contributed by atoms with Crippen molar-refractivity contribution in [2.75, 3.05) is 0 Å². The molecule has 3 rings (SSSR count). The average molecular weight is 279 g/mol. The van der Waals surface area contributed by atoms with Crippen molar-refractivity contribution in [2.24, 2.45) is 4.99 Å². The number of carboxylic acid groups (broad SMARTS) is 1. The predicted molar refractivity (Wildman–Crippen MR) is 78.0 cm³/mol. The predicted octanol–water partition coefficient (Wildman–Crippen LogP) is 1.99. The summed E-state index contributed by atoms with van der Waals surface area (Å²) in [5.74, 6) is -1.29. The van der Waals surface area contributed by atoms with Crippen LogP contribution in [0.5, 0.6) is 5.88 Å². The molecule has 0 spiro atoms. The van der Waals surface area contributed by atoms with Gasteiger partial charge in [-0.15, -0.1) is 0 Å². The van der Waals surface area contributed by atoms with Gasteiger partial charge in [-0.1, -0.05) is 36.4 Å². The monoisotopic (exact) mass is 279 g/mol. The van der Waals surface area contributed by atoms with E-state index in [0.29, 0.717) is 5.56 Å². The van der Waals surface area contributed by atoms with E-state index in [-0.39, 0.29) is 17.1 Å². The van der Waals surface area contributed by atoms with E-state index in [1.165, 1.54) is 12.3 Å². The highest BCUT2D eigenvalue weighted by molar-refractivity contribution is 6.03. The third-order valence-electron chi connectivity index (χ3n) is 3.18. The number of hydrogen-bond acceptors (Lipinski definition) is 4. The highest BCUT2D eigenvalue weighted by Crippen LogP contribution is 2.26. The lowest BCUT2D eigenvalue weighted by molar-refractivity contribution is -0.254. The zero-order chi connectivity index (χ0) is 14.8. The maximum Gasteiger partial charge on any atom is 0.198 e. The molecule has 2 N–H and O–H groups in total. The first-order chi connectivity index (χ1) is 10.2. The molecule has 1 aromatic heterocycles. The molecule has 0 fully saturated rings. The van der Waals surface area contributed by atoms with Crippen molar-refractivity contribution >= 4 is 28.8 Å². The van der Waals surface area contributed by atoms with Gasteiger partial charge in [0.05, 0.1) is 17.2 Å². The Kier molecular flexibility index (Phi) is 3.16. The second kappa shape index (κ2) is 5.13. The number of hydrogen-bond donors (Lipinski definition) is 2. The fourth-order valence-electron chi connectivity index (χ4n) is 2.17. The fraction of sp³-hybridized carbons (Fsp3) is 0. The van der Waals surface area contributed by atoms with Gasteiger partial charge in [0.1, 0.15) is 0 Å². The van der Waals surface area contributed by atoms with Crippen LogP contribution in [0.15, 0.2) is 53.5 Å². The maximum absolute atomic E-state index is 11.0. The molecule has 0 atom stereocenters. The Morgan fingerprint density at radius 1 is 1.14 bits per heavy atom. The van der Waals surface area contributed by atoms with Crippen LogP contribution in [0.25, 0.3) is 10.9 Å². The van der Waals surface area contributed by atoms with E-state index in [1.807, 2.05) is 24.3 Å². The summed E-state index contributed by atoms with van der Waals surface area (Å²) in [5, 5.41) is 21.7. The second-order valence-corrected chi connectivity index (χ2v) is 4.50. The number of nitrogens with one attached hydrogen (secondary N) is 1. The van der Waals surface area contributed by atoms with Gasteiger partial charge in [0.2, 0.25) is 0 Å². The van der Waals surface area contributed by atoms with Gasteiger partial charge in [-0.2, -0.15) is 0 Å². The second-order valence-electron chi connectivity index (χ2n) is 4.50. The molecule has 2 aromatic carbocycles. The minimum Gasteiger partial charge on any atom is -0.545 e. The lowest BCUT2D eigenvalue weighted by Crippen LogP contribution is -2.22. The quantitative estimate of drug-likeness (QED) is 0.718. The molecule has 1 heterocycles. The number of aromatic carboxylic acids is 1. The number of aromatic hydroxyl groups is 1. The Balaban J connectivity index is 2.07. The lowest BCUT2D eigenvalue weighted by atomic mass is 10.1. The van der Waals surface area contributed by atoms with Crippen LogP contribution in [0, 0.1) is 0 Å². The van der Waals surface area contributed by atoms with Crippen LogP contribution in [0.2, 0.25) is 0 Å². The van der Waals surface area contributed by atoms with Crippen molar-refractivity contribution in [3.8, 4) is 5.88 Å². The molecule has 21 heavy (non-hydrogen) atoms. The number of para-hydroxylation sites is 2. The van der Waals surface area contributed by atoms with Gasteiger partial charge in [-0.25, -0.2) is 0 Å². The summed E-state index contributed by atoms with van der Waals surface area (Å²) >= 11 is 0. The summed E-state index contributed by atoms with van der Waals surface area (Å²) in [4.78, 5) is 18.0. The Labute approximate surface area is 120 Å².